The van der Waals surface area contributed by atoms with Crippen LogP contribution in [0.15, 0.2) is 66.9 Å². The van der Waals surface area contributed by atoms with Gasteiger partial charge in [0, 0.05) is 5.56 Å². The van der Waals surface area contributed by atoms with E-state index in [1.165, 1.54) is 0 Å². The maximum absolute atomic E-state index is 10.5. The highest BCUT2D eigenvalue weighted by Crippen LogP contribution is 2.29. The maximum Gasteiger partial charge on any atom is 0.108 e. The van der Waals surface area contributed by atoms with E-state index in [0.717, 1.165) is 22.4 Å². The first-order valence-corrected chi connectivity index (χ1v) is 6.18. The van der Waals surface area contributed by atoms with Gasteiger partial charge in [-0.1, -0.05) is 60.7 Å². The van der Waals surface area contributed by atoms with Gasteiger partial charge in [0.15, 0.2) is 0 Å². The van der Waals surface area contributed by atoms with Crippen molar-refractivity contribution >= 4 is 0 Å². The highest BCUT2D eigenvalue weighted by atomic mass is 16.3. The van der Waals surface area contributed by atoms with E-state index in [-0.39, 0.29) is 0 Å². The van der Waals surface area contributed by atoms with Crippen molar-refractivity contribution in [3.63, 3.8) is 0 Å². The van der Waals surface area contributed by atoms with Crippen LogP contribution in [0.1, 0.15) is 17.2 Å². The molecule has 0 saturated heterocycles. The molecule has 1 heterocycles. The van der Waals surface area contributed by atoms with Crippen molar-refractivity contribution in [1.29, 1.82) is 0 Å². The zero-order valence-corrected chi connectivity index (χ0v) is 10.3. The predicted octanol–water partition coefficient (Wildman–Crippen LogP) is 3.16. The lowest BCUT2D eigenvalue weighted by molar-refractivity contribution is 0.221. The van der Waals surface area contributed by atoms with Crippen molar-refractivity contribution in [3.05, 3.63) is 78.0 Å². The molecular formula is C16H14N2O. The smallest absolute Gasteiger partial charge is 0.108 e. The van der Waals surface area contributed by atoms with Crippen molar-refractivity contribution in [2.45, 2.75) is 6.10 Å². The SMILES string of the molecule is OC(c1ccccc1)c1cn[nH]c1-c1ccccc1. The number of benzene rings is 2. The molecule has 0 aliphatic rings. The van der Waals surface area contributed by atoms with Crippen molar-refractivity contribution in [2.75, 3.05) is 0 Å². The molecule has 0 bridgehead atoms. The summed E-state index contributed by atoms with van der Waals surface area (Å²) < 4.78 is 0. The van der Waals surface area contributed by atoms with Crippen LogP contribution in [-0.4, -0.2) is 15.3 Å². The average Bonchev–Trinajstić information content (AvgIpc) is 2.98. The molecule has 1 aromatic heterocycles. The van der Waals surface area contributed by atoms with E-state index in [0.29, 0.717) is 0 Å². The van der Waals surface area contributed by atoms with E-state index in [2.05, 4.69) is 10.2 Å². The molecule has 3 nitrogen and oxygen atoms in total. The molecule has 1 atom stereocenters. The van der Waals surface area contributed by atoms with Crippen LogP contribution >= 0.6 is 0 Å². The van der Waals surface area contributed by atoms with Crippen LogP contribution in [0.4, 0.5) is 0 Å². The normalized spacial score (nSPS) is 12.3. The first kappa shape index (κ1) is 11.7. The summed E-state index contributed by atoms with van der Waals surface area (Å²) in [5.74, 6) is 0. The summed E-state index contributed by atoms with van der Waals surface area (Å²) in [6.07, 6.45) is 1.01. The molecule has 19 heavy (non-hydrogen) atoms. The number of nitrogens with one attached hydrogen (secondary N) is 1. The molecular weight excluding hydrogens is 236 g/mol. The predicted molar refractivity (Wildman–Crippen MR) is 74.5 cm³/mol. The van der Waals surface area contributed by atoms with Crippen LogP contribution in [0.25, 0.3) is 11.3 Å². The summed E-state index contributed by atoms with van der Waals surface area (Å²) in [4.78, 5) is 0. The number of aromatic amines is 1. The molecule has 0 saturated carbocycles. The van der Waals surface area contributed by atoms with E-state index in [4.69, 9.17) is 0 Å². The van der Waals surface area contributed by atoms with Crippen LogP contribution in [0.2, 0.25) is 0 Å². The molecule has 0 aliphatic heterocycles. The maximum atomic E-state index is 10.5. The molecule has 94 valence electrons. The van der Waals surface area contributed by atoms with Crippen LogP contribution in [0, 0.1) is 0 Å². The van der Waals surface area contributed by atoms with E-state index in [1.54, 1.807) is 6.20 Å². The number of aromatic nitrogens is 2. The second-order valence-electron chi connectivity index (χ2n) is 4.38. The van der Waals surface area contributed by atoms with E-state index < -0.39 is 6.10 Å². The Morgan fingerprint density at radius 2 is 1.53 bits per heavy atom. The quantitative estimate of drug-likeness (QED) is 0.750. The molecule has 0 fully saturated rings. The van der Waals surface area contributed by atoms with Gasteiger partial charge in [0.2, 0.25) is 0 Å². The zero-order chi connectivity index (χ0) is 13.1. The van der Waals surface area contributed by atoms with Gasteiger partial charge in [-0.3, -0.25) is 5.10 Å². The summed E-state index contributed by atoms with van der Waals surface area (Å²) >= 11 is 0. The van der Waals surface area contributed by atoms with Crippen LogP contribution < -0.4 is 0 Å². The third-order valence-corrected chi connectivity index (χ3v) is 3.14. The fourth-order valence-electron chi connectivity index (χ4n) is 2.15. The summed E-state index contributed by atoms with van der Waals surface area (Å²) in [5, 5.41) is 17.5. The minimum absolute atomic E-state index is 0.671. The minimum Gasteiger partial charge on any atom is -0.384 e. The molecule has 3 heteroatoms. The van der Waals surface area contributed by atoms with Gasteiger partial charge in [-0.05, 0) is 11.1 Å². The van der Waals surface area contributed by atoms with Crippen LogP contribution in [0.5, 0.6) is 0 Å². The second-order valence-corrected chi connectivity index (χ2v) is 4.38. The van der Waals surface area contributed by atoms with Crippen molar-refractivity contribution < 1.29 is 5.11 Å². The molecule has 2 aromatic carbocycles. The monoisotopic (exact) mass is 250 g/mol. The Bertz CT molecular complexity index is 647. The zero-order valence-electron chi connectivity index (χ0n) is 10.3. The lowest BCUT2D eigenvalue weighted by Gasteiger charge is -2.11. The van der Waals surface area contributed by atoms with Crippen molar-refractivity contribution in [2.24, 2.45) is 0 Å². The van der Waals surface area contributed by atoms with Gasteiger partial charge in [-0.15, -0.1) is 0 Å². The fraction of sp³-hybridized carbons (Fsp3) is 0.0625. The lowest BCUT2D eigenvalue weighted by atomic mass is 9.99. The second kappa shape index (κ2) is 5.08. The standard InChI is InChI=1S/C16H14N2O/c19-16(13-9-5-2-6-10-13)14-11-17-18-15(14)12-7-3-1-4-8-12/h1-11,16,19H,(H,17,18). The van der Waals surface area contributed by atoms with Crippen molar-refractivity contribution in [1.82, 2.24) is 10.2 Å². The highest BCUT2D eigenvalue weighted by Gasteiger charge is 2.17. The Balaban J connectivity index is 2.01. The van der Waals surface area contributed by atoms with Gasteiger partial charge in [0.25, 0.3) is 0 Å². The average molecular weight is 250 g/mol. The van der Waals surface area contributed by atoms with E-state index in [1.807, 2.05) is 60.7 Å². The van der Waals surface area contributed by atoms with Gasteiger partial charge in [-0.2, -0.15) is 5.10 Å². The summed E-state index contributed by atoms with van der Waals surface area (Å²) in [6, 6.07) is 19.5. The Kier molecular flexibility index (Phi) is 3.12. The molecule has 3 rings (SSSR count). The number of H-pyrrole nitrogens is 1. The van der Waals surface area contributed by atoms with E-state index >= 15 is 0 Å². The van der Waals surface area contributed by atoms with Crippen LogP contribution in [0.3, 0.4) is 0 Å². The Labute approximate surface area is 111 Å². The minimum atomic E-state index is -0.671. The molecule has 2 N–H and O–H groups in total. The highest BCUT2D eigenvalue weighted by molar-refractivity contribution is 5.63. The fourth-order valence-corrected chi connectivity index (χ4v) is 2.15. The van der Waals surface area contributed by atoms with Gasteiger partial charge < -0.3 is 5.11 Å². The largest absolute Gasteiger partial charge is 0.384 e. The topological polar surface area (TPSA) is 48.9 Å². The van der Waals surface area contributed by atoms with Gasteiger partial charge in [0.05, 0.1) is 11.9 Å². The Morgan fingerprint density at radius 1 is 0.895 bits per heavy atom. The summed E-state index contributed by atoms with van der Waals surface area (Å²) in [7, 11) is 0. The molecule has 0 spiro atoms. The first-order chi connectivity index (χ1) is 9.36. The third kappa shape index (κ3) is 2.28. The number of aliphatic hydroxyl groups excluding tert-OH is 1. The molecule has 0 aliphatic carbocycles. The molecule has 3 aromatic rings. The van der Waals surface area contributed by atoms with Crippen molar-refractivity contribution in [3.8, 4) is 11.3 Å². The number of rotatable bonds is 3. The van der Waals surface area contributed by atoms with Gasteiger partial charge >= 0.3 is 0 Å². The van der Waals surface area contributed by atoms with Crippen LogP contribution in [-0.2, 0) is 0 Å². The summed E-state index contributed by atoms with van der Waals surface area (Å²) in [5.41, 5.74) is 3.53. The van der Waals surface area contributed by atoms with E-state index in [9.17, 15) is 5.11 Å². The Hall–Kier alpha value is -2.39. The lowest BCUT2D eigenvalue weighted by Crippen LogP contribution is -1.99. The third-order valence-electron chi connectivity index (χ3n) is 3.14. The number of hydrogen-bond acceptors (Lipinski definition) is 2. The molecule has 0 radical (unpaired) electrons. The van der Waals surface area contributed by atoms with Gasteiger partial charge in [-0.25, -0.2) is 0 Å². The number of aliphatic hydroxyl groups is 1. The summed E-state index contributed by atoms with van der Waals surface area (Å²) in [6.45, 7) is 0. The first-order valence-electron chi connectivity index (χ1n) is 6.18. The number of nitrogens with zero attached hydrogens (tertiary/aromatic N) is 1. The number of hydrogen-bond donors (Lipinski definition) is 2. The van der Waals surface area contributed by atoms with Gasteiger partial charge in [0.1, 0.15) is 6.10 Å². The Morgan fingerprint density at radius 3 is 2.21 bits per heavy atom. The molecule has 1 unspecified atom stereocenters. The molecule has 0 amide bonds.